The molecule has 2 rings (SSSR count). The maximum atomic E-state index is 12.4. The van der Waals surface area contributed by atoms with Crippen LogP contribution in [-0.4, -0.2) is 70.6 Å². The lowest BCUT2D eigenvalue weighted by molar-refractivity contribution is -0.226. The van der Waals surface area contributed by atoms with Gasteiger partial charge in [-0.05, 0) is 0 Å². The summed E-state index contributed by atoms with van der Waals surface area (Å²) in [4.78, 5) is 60.4. The third kappa shape index (κ3) is 4.68. The minimum atomic E-state index is -1.98. The summed E-state index contributed by atoms with van der Waals surface area (Å²) in [5.74, 6) is -4.30. The molecule has 0 spiro atoms. The number of nitrogens with zero attached hydrogens (tertiary/aromatic N) is 3. The van der Waals surface area contributed by atoms with E-state index in [1.54, 1.807) is 0 Å². The van der Waals surface area contributed by atoms with Crippen LogP contribution < -0.4 is 11.1 Å². The molecule has 1 aromatic heterocycles. The molecular formula is C13H15N5O8S. The second kappa shape index (κ2) is 8.41. The van der Waals surface area contributed by atoms with Crippen molar-refractivity contribution in [1.82, 2.24) is 15.4 Å². The van der Waals surface area contributed by atoms with Crippen molar-refractivity contribution < 1.29 is 38.7 Å². The highest BCUT2D eigenvalue weighted by atomic mass is 32.1. The zero-order chi connectivity index (χ0) is 20.1. The Balaban J connectivity index is 2.12. The zero-order valence-corrected chi connectivity index (χ0v) is 14.9. The van der Waals surface area contributed by atoms with Gasteiger partial charge in [0.2, 0.25) is 0 Å². The summed E-state index contributed by atoms with van der Waals surface area (Å²) < 4.78 is 4.54. The van der Waals surface area contributed by atoms with Gasteiger partial charge in [-0.1, -0.05) is 5.16 Å². The number of nitrogen functional groups attached to an aromatic ring is 1. The topological polar surface area (TPSA) is 183 Å². The van der Waals surface area contributed by atoms with E-state index in [4.69, 9.17) is 15.7 Å². The van der Waals surface area contributed by atoms with Gasteiger partial charge in [-0.15, -0.1) is 11.3 Å². The number of hydroxylamine groups is 2. The van der Waals surface area contributed by atoms with E-state index in [0.717, 1.165) is 18.3 Å². The van der Waals surface area contributed by atoms with Gasteiger partial charge < -0.3 is 25.7 Å². The standard InChI is InChI=1S/C13H15N5O8S/c1-5(19)26-11(12(22)23)18-10(21)6(3-25-18)15-9(20)8(17-24-2)7-4-27-13(14)16-7/h4,6,11H,3H2,1-2H3,(H2,14,16)(H,15,20)(H,22,23)/b17-8-/t6-,11?/m0/s1. The van der Waals surface area contributed by atoms with Gasteiger partial charge in [0.15, 0.2) is 10.8 Å². The molecule has 1 aliphatic rings. The molecule has 27 heavy (non-hydrogen) atoms. The molecule has 0 saturated carbocycles. The molecule has 0 bridgehead atoms. The molecule has 1 unspecified atom stereocenters. The normalized spacial score (nSPS) is 18.1. The first-order chi connectivity index (χ1) is 12.7. The number of oxime groups is 1. The van der Waals surface area contributed by atoms with Crippen molar-refractivity contribution in [3.63, 3.8) is 0 Å². The Kier molecular flexibility index (Phi) is 6.25. The van der Waals surface area contributed by atoms with E-state index < -0.39 is 36.0 Å². The fourth-order valence-corrected chi connectivity index (χ4v) is 2.55. The highest BCUT2D eigenvalue weighted by molar-refractivity contribution is 7.13. The van der Waals surface area contributed by atoms with Crippen LogP contribution in [0, 0.1) is 0 Å². The number of thiazole rings is 1. The number of hydrogen-bond acceptors (Lipinski definition) is 11. The van der Waals surface area contributed by atoms with Crippen molar-refractivity contribution in [2.75, 3.05) is 19.5 Å². The van der Waals surface area contributed by atoms with Gasteiger partial charge in [0.25, 0.3) is 18.0 Å². The number of carbonyl (C=O) groups is 4. The second-order valence-corrected chi connectivity index (χ2v) is 5.87. The van der Waals surface area contributed by atoms with Crippen molar-refractivity contribution in [3.8, 4) is 0 Å². The summed E-state index contributed by atoms with van der Waals surface area (Å²) in [6, 6.07) is -1.24. The molecule has 2 amide bonds. The number of esters is 1. The van der Waals surface area contributed by atoms with E-state index in [1.807, 2.05) is 0 Å². The summed E-state index contributed by atoms with van der Waals surface area (Å²) in [5, 5.41) is 17.0. The van der Waals surface area contributed by atoms with Gasteiger partial charge in [0, 0.05) is 12.3 Å². The Labute approximate surface area is 155 Å². The molecule has 0 aromatic carbocycles. The minimum Gasteiger partial charge on any atom is -0.477 e. The maximum absolute atomic E-state index is 12.4. The average Bonchev–Trinajstić information content (AvgIpc) is 3.16. The van der Waals surface area contributed by atoms with E-state index in [2.05, 4.69) is 25.0 Å². The van der Waals surface area contributed by atoms with E-state index in [-0.39, 0.29) is 23.1 Å². The van der Waals surface area contributed by atoms with Crippen LogP contribution >= 0.6 is 11.3 Å². The van der Waals surface area contributed by atoms with Crippen LogP contribution in [0.4, 0.5) is 5.13 Å². The molecule has 1 aliphatic heterocycles. The largest absolute Gasteiger partial charge is 0.477 e. The van der Waals surface area contributed by atoms with Crippen LogP contribution in [0.2, 0.25) is 0 Å². The van der Waals surface area contributed by atoms with Crippen molar-refractivity contribution in [3.05, 3.63) is 11.1 Å². The molecule has 1 aromatic rings. The monoisotopic (exact) mass is 401 g/mol. The van der Waals surface area contributed by atoms with Crippen LogP contribution in [0.1, 0.15) is 12.6 Å². The lowest BCUT2D eigenvalue weighted by Crippen LogP contribution is -2.50. The van der Waals surface area contributed by atoms with E-state index in [9.17, 15) is 19.2 Å². The number of anilines is 1. The quantitative estimate of drug-likeness (QED) is 0.271. The van der Waals surface area contributed by atoms with Gasteiger partial charge in [-0.2, -0.15) is 5.06 Å². The number of carboxylic acid groups (broad SMARTS) is 1. The second-order valence-electron chi connectivity index (χ2n) is 4.98. The number of aliphatic carboxylic acids is 1. The Morgan fingerprint density at radius 2 is 2.26 bits per heavy atom. The molecule has 0 aliphatic carbocycles. The van der Waals surface area contributed by atoms with Crippen LogP contribution in [0.25, 0.3) is 0 Å². The number of aromatic nitrogens is 1. The molecule has 0 radical (unpaired) electrons. The van der Waals surface area contributed by atoms with Crippen LogP contribution in [-0.2, 0) is 33.6 Å². The molecule has 4 N–H and O–H groups in total. The third-order valence-corrected chi connectivity index (χ3v) is 3.74. The van der Waals surface area contributed by atoms with Gasteiger partial charge in [0.1, 0.15) is 25.5 Å². The molecule has 2 heterocycles. The average molecular weight is 401 g/mol. The van der Waals surface area contributed by atoms with Crippen LogP contribution in [0.5, 0.6) is 0 Å². The molecule has 1 fully saturated rings. The fraction of sp³-hybridized carbons (Fsp3) is 0.385. The van der Waals surface area contributed by atoms with Crippen molar-refractivity contribution in [1.29, 1.82) is 0 Å². The van der Waals surface area contributed by atoms with Crippen LogP contribution in [0.3, 0.4) is 0 Å². The number of carbonyl (C=O) groups excluding carboxylic acids is 3. The fourth-order valence-electron chi connectivity index (χ4n) is 2.00. The number of hydrogen-bond donors (Lipinski definition) is 3. The van der Waals surface area contributed by atoms with Crippen LogP contribution in [0.15, 0.2) is 10.5 Å². The highest BCUT2D eigenvalue weighted by Crippen LogP contribution is 2.16. The summed E-state index contributed by atoms with van der Waals surface area (Å²) in [6.45, 7) is 0.595. The predicted molar refractivity (Wildman–Crippen MR) is 88.0 cm³/mol. The van der Waals surface area contributed by atoms with E-state index in [1.165, 1.54) is 12.5 Å². The molecule has 2 atom stereocenters. The first kappa shape index (κ1) is 20.1. The Morgan fingerprint density at radius 3 is 2.78 bits per heavy atom. The molecule has 13 nitrogen and oxygen atoms in total. The van der Waals surface area contributed by atoms with Crippen molar-refractivity contribution >= 4 is 45.9 Å². The molecular weight excluding hydrogens is 386 g/mol. The SMILES string of the molecule is CO/N=C(\C(=O)N[C@H]1CON(C(OC(C)=O)C(=O)O)C1=O)c1csc(N)n1. The first-order valence-corrected chi connectivity index (χ1v) is 8.12. The summed E-state index contributed by atoms with van der Waals surface area (Å²) in [5.41, 5.74) is 5.40. The lowest BCUT2D eigenvalue weighted by atomic mass is 10.2. The molecule has 14 heteroatoms. The predicted octanol–water partition coefficient (Wildman–Crippen LogP) is -1.69. The smallest absolute Gasteiger partial charge is 0.369 e. The van der Waals surface area contributed by atoms with Gasteiger partial charge >= 0.3 is 11.9 Å². The third-order valence-electron chi connectivity index (χ3n) is 3.06. The first-order valence-electron chi connectivity index (χ1n) is 7.24. The van der Waals surface area contributed by atoms with Crippen molar-refractivity contribution in [2.24, 2.45) is 5.16 Å². The Hall–Kier alpha value is -3.26. The Morgan fingerprint density at radius 1 is 1.56 bits per heavy atom. The van der Waals surface area contributed by atoms with E-state index in [0.29, 0.717) is 5.06 Å². The number of carboxylic acids is 1. The summed E-state index contributed by atoms with van der Waals surface area (Å²) in [6.07, 6.45) is -1.98. The highest BCUT2D eigenvalue weighted by Gasteiger charge is 2.43. The number of rotatable bonds is 7. The number of amides is 2. The zero-order valence-electron chi connectivity index (χ0n) is 14.1. The van der Waals surface area contributed by atoms with Gasteiger partial charge in [-0.3, -0.25) is 19.2 Å². The minimum absolute atomic E-state index is 0.128. The maximum Gasteiger partial charge on any atom is 0.369 e. The van der Waals surface area contributed by atoms with E-state index >= 15 is 0 Å². The number of ether oxygens (including phenoxy) is 1. The molecule has 1 saturated heterocycles. The summed E-state index contributed by atoms with van der Waals surface area (Å²) >= 11 is 1.07. The van der Waals surface area contributed by atoms with Gasteiger partial charge in [0.05, 0.1) is 0 Å². The Bertz CT molecular complexity index is 793. The number of nitrogens with two attached hydrogens (primary N) is 1. The molecule has 146 valence electrons. The van der Waals surface area contributed by atoms with Crippen molar-refractivity contribution in [2.45, 2.75) is 19.2 Å². The number of nitrogens with one attached hydrogen (secondary N) is 1. The van der Waals surface area contributed by atoms with Gasteiger partial charge in [-0.25, -0.2) is 9.78 Å². The summed E-state index contributed by atoms with van der Waals surface area (Å²) in [7, 11) is 1.21. The lowest BCUT2D eigenvalue weighted by Gasteiger charge is -2.21.